The zero-order chi connectivity index (χ0) is 24.2. The number of azide groups is 1. The second kappa shape index (κ2) is 7.96. The lowest BCUT2D eigenvalue weighted by molar-refractivity contribution is -0.353. The summed E-state index contributed by atoms with van der Waals surface area (Å²) in [6.07, 6.45) is -0.460. The number of hydroxylamine groups is 1. The Morgan fingerprint density at radius 1 is 1.34 bits per heavy atom. The molecule has 3 rings (SSSR count). The summed E-state index contributed by atoms with van der Waals surface area (Å²) in [5, 5.41) is 28.3. The molecule has 2 aliphatic heterocycles. The van der Waals surface area contributed by atoms with Crippen molar-refractivity contribution >= 4 is 24.1 Å². The van der Waals surface area contributed by atoms with E-state index < -0.39 is 42.0 Å². The third-order valence-corrected chi connectivity index (χ3v) is 11.6. The van der Waals surface area contributed by atoms with Crippen LogP contribution in [-0.4, -0.2) is 64.3 Å². The molecule has 0 aliphatic carbocycles. The summed E-state index contributed by atoms with van der Waals surface area (Å²) < 4.78 is 35.1. The van der Waals surface area contributed by atoms with Crippen molar-refractivity contribution in [1.29, 1.82) is 0 Å². The SMILES string of the molecule is CC(C)(C)[Si](C)(C)OC[C@]1(O)c2ccccc2N2C[C@@H](OS(C)(=O)=O)[C@H](N=[N+]=[N-])[C@]1(O)O2. The van der Waals surface area contributed by atoms with Crippen LogP contribution in [0.25, 0.3) is 10.4 Å². The minimum atomic E-state index is -3.98. The molecule has 32 heavy (non-hydrogen) atoms. The number of fused-ring (bicyclic) bond motifs is 4. The Kier molecular flexibility index (Phi) is 6.20. The van der Waals surface area contributed by atoms with Crippen molar-refractivity contribution in [2.45, 2.75) is 62.4 Å². The minimum Gasteiger partial charge on any atom is -0.413 e. The van der Waals surface area contributed by atoms with E-state index in [2.05, 4.69) is 10.0 Å². The molecule has 1 aromatic carbocycles. The highest BCUT2D eigenvalue weighted by Crippen LogP contribution is 2.51. The van der Waals surface area contributed by atoms with Crippen LogP contribution >= 0.6 is 0 Å². The smallest absolute Gasteiger partial charge is 0.264 e. The average Bonchev–Trinajstić information content (AvgIpc) is 2.66. The molecule has 11 nitrogen and oxygen atoms in total. The molecule has 0 radical (unpaired) electrons. The van der Waals surface area contributed by atoms with Crippen molar-refractivity contribution in [2.24, 2.45) is 5.11 Å². The number of anilines is 1. The number of hydrogen-bond donors (Lipinski definition) is 2. The molecule has 13 heteroatoms. The molecule has 1 saturated heterocycles. The number of rotatable bonds is 6. The zero-order valence-corrected chi connectivity index (χ0v) is 20.8. The molecule has 2 bridgehead atoms. The van der Waals surface area contributed by atoms with Crippen molar-refractivity contribution in [2.75, 3.05) is 24.5 Å². The number of hydrogen-bond acceptors (Lipinski definition) is 9. The van der Waals surface area contributed by atoms with Crippen molar-refractivity contribution < 1.29 is 32.1 Å². The first kappa shape index (κ1) is 24.9. The van der Waals surface area contributed by atoms with Gasteiger partial charge in [0, 0.05) is 10.5 Å². The second-order valence-corrected chi connectivity index (χ2v) is 16.2. The van der Waals surface area contributed by atoms with Crippen LogP contribution < -0.4 is 5.06 Å². The van der Waals surface area contributed by atoms with E-state index in [-0.39, 0.29) is 18.2 Å². The first-order chi connectivity index (χ1) is 14.6. The molecule has 2 aliphatic rings. The lowest BCUT2D eigenvalue weighted by Crippen LogP contribution is -2.74. The molecule has 0 unspecified atom stereocenters. The molecule has 4 atom stereocenters. The van der Waals surface area contributed by atoms with Gasteiger partial charge in [-0.3, -0.25) is 4.18 Å². The van der Waals surface area contributed by atoms with E-state index in [1.54, 1.807) is 24.3 Å². The van der Waals surface area contributed by atoms with Crippen LogP contribution in [0, 0.1) is 0 Å². The van der Waals surface area contributed by atoms with Gasteiger partial charge in [-0.2, -0.15) is 8.42 Å². The molecule has 0 aromatic heterocycles. The monoisotopic (exact) mass is 486 g/mol. The number of nitrogens with zero attached hydrogens (tertiary/aromatic N) is 4. The van der Waals surface area contributed by atoms with Gasteiger partial charge in [-0.15, -0.1) is 0 Å². The number of para-hydroxylation sites is 1. The number of benzene rings is 1. The van der Waals surface area contributed by atoms with Gasteiger partial charge in [0.1, 0.15) is 12.1 Å². The van der Waals surface area contributed by atoms with E-state index in [4.69, 9.17) is 19.0 Å². The van der Waals surface area contributed by atoms with Gasteiger partial charge >= 0.3 is 0 Å². The van der Waals surface area contributed by atoms with Gasteiger partial charge in [-0.25, -0.2) is 9.90 Å². The topological polar surface area (TPSA) is 154 Å². The summed E-state index contributed by atoms with van der Waals surface area (Å²) in [4.78, 5) is 8.50. The van der Waals surface area contributed by atoms with Crippen molar-refractivity contribution in [3.8, 4) is 0 Å². The Morgan fingerprint density at radius 2 is 1.97 bits per heavy atom. The predicted octanol–water partition coefficient (Wildman–Crippen LogP) is 2.37. The van der Waals surface area contributed by atoms with Crippen LogP contribution in [0.4, 0.5) is 5.69 Å². The molecule has 1 fully saturated rings. The fraction of sp³-hybridized carbons (Fsp3) is 0.684. The molecule has 2 N–H and O–H groups in total. The zero-order valence-electron chi connectivity index (χ0n) is 19.0. The fourth-order valence-corrected chi connectivity index (χ4v) is 5.29. The summed E-state index contributed by atoms with van der Waals surface area (Å²) in [7, 11) is -6.38. The summed E-state index contributed by atoms with van der Waals surface area (Å²) in [6.45, 7) is 9.55. The lowest BCUT2D eigenvalue weighted by Gasteiger charge is -2.57. The van der Waals surface area contributed by atoms with Crippen LogP contribution in [-0.2, 0) is 29.2 Å². The van der Waals surface area contributed by atoms with Crippen LogP contribution in [0.2, 0.25) is 18.1 Å². The maximum absolute atomic E-state index is 11.9. The summed E-state index contributed by atoms with van der Waals surface area (Å²) in [5.41, 5.74) is 7.68. The Labute approximate surface area is 188 Å². The standard InChI is InChI=1S/C19H30N4O7SSi/c1-17(2,3)32(5,6)28-12-18(24)13-9-7-8-10-14(13)23-11-15(29-31(4,26)27)16(21-22-20)19(18,25)30-23/h7-10,15-16,24-25H,11-12H2,1-6H3/t15-,16+,18+,19+/m1/s1. The van der Waals surface area contributed by atoms with Crippen molar-refractivity contribution in [3.05, 3.63) is 40.3 Å². The van der Waals surface area contributed by atoms with Crippen LogP contribution in [0.3, 0.4) is 0 Å². The third-order valence-electron chi connectivity index (χ3n) is 6.48. The maximum atomic E-state index is 11.9. The Morgan fingerprint density at radius 3 is 2.53 bits per heavy atom. The molecule has 0 spiro atoms. The summed E-state index contributed by atoms with van der Waals surface area (Å²) >= 11 is 0. The van der Waals surface area contributed by atoms with E-state index in [1.807, 2.05) is 33.9 Å². The van der Waals surface area contributed by atoms with Gasteiger partial charge in [0.25, 0.3) is 10.1 Å². The molecule has 0 amide bonds. The van der Waals surface area contributed by atoms with Gasteiger partial charge in [-0.1, -0.05) is 44.1 Å². The van der Waals surface area contributed by atoms with Gasteiger partial charge in [0.2, 0.25) is 5.79 Å². The van der Waals surface area contributed by atoms with E-state index >= 15 is 0 Å². The first-order valence-electron chi connectivity index (χ1n) is 10.1. The van der Waals surface area contributed by atoms with Gasteiger partial charge in [-0.05, 0) is 29.7 Å². The molecule has 1 aromatic rings. The lowest BCUT2D eigenvalue weighted by atomic mass is 9.76. The maximum Gasteiger partial charge on any atom is 0.264 e. The van der Waals surface area contributed by atoms with Crippen LogP contribution in [0.1, 0.15) is 26.3 Å². The Hall–Kier alpha value is -1.70. The van der Waals surface area contributed by atoms with Gasteiger partial charge in [0.15, 0.2) is 13.9 Å². The minimum absolute atomic E-state index is 0.157. The van der Waals surface area contributed by atoms with E-state index in [9.17, 15) is 18.6 Å². The Bertz CT molecular complexity index is 1040. The fourth-order valence-electron chi connectivity index (χ4n) is 3.67. The largest absolute Gasteiger partial charge is 0.413 e. The molecule has 0 saturated carbocycles. The highest BCUT2D eigenvalue weighted by Gasteiger charge is 2.67. The molecular weight excluding hydrogens is 456 g/mol. The highest BCUT2D eigenvalue weighted by molar-refractivity contribution is 7.86. The highest BCUT2D eigenvalue weighted by atomic mass is 32.2. The van der Waals surface area contributed by atoms with Crippen LogP contribution in [0.15, 0.2) is 29.4 Å². The normalized spacial score (nSPS) is 30.4. The Balaban J connectivity index is 2.16. The first-order valence-corrected chi connectivity index (χ1v) is 14.9. The number of aliphatic hydroxyl groups is 2. The molecule has 178 valence electrons. The summed E-state index contributed by atoms with van der Waals surface area (Å²) in [5.74, 6) is -2.55. The van der Waals surface area contributed by atoms with Crippen molar-refractivity contribution in [1.82, 2.24) is 0 Å². The van der Waals surface area contributed by atoms with E-state index in [0.29, 0.717) is 11.3 Å². The predicted molar refractivity (Wildman–Crippen MR) is 120 cm³/mol. The van der Waals surface area contributed by atoms with Gasteiger partial charge in [0.05, 0.1) is 25.1 Å². The van der Waals surface area contributed by atoms with E-state index in [0.717, 1.165) is 6.26 Å². The quantitative estimate of drug-likeness (QED) is 0.204. The van der Waals surface area contributed by atoms with Gasteiger partial charge < -0.3 is 14.6 Å². The third kappa shape index (κ3) is 4.15. The van der Waals surface area contributed by atoms with Crippen LogP contribution in [0.5, 0.6) is 0 Å². The molecule has 2 heterocycles. The van der Waals surface area contributed by atoms with E-state index in [1.165, 1.54) is 5.06 Å². The summed E-state index contributed by atoms with van der Waals surface area (Å²) in [6, 6.07) is 5.11. The second-order valence-electron chi connectivity index (χ2n) is 9.76. The molecular formula is C19H30N4O7SSi. The average molecular weight is 487 g/mol. The van der Waals surface area contributed by atoms with Crippen molar-refractivity contribution in [3.63, 3.8) is 0 Å².